The van der Waals surface area contributed by atoms with Crippen molar-refractivity contribution in [2.45, 2.75) is 64.1 Å². The predicted molar refractivity (Wildman–Crippen MR) is 89.7 cm³/mol. The second-order valence-electron chi connectivity index (χ2n) is 7.75. The van der Waals surface area contributed by atoms with Crippen LogP contribution in [0.2, 0.25) is 18.1 Å². The zero-order chi connectivity index (χ0) is 16.8. The SMILES string of the molecule is CC1=C(O[Si](C)(C)C(C)(C)C)CC(F)(F)C1c1ccccc1. The van der Waals surface area contributed by atoms with Crippen LogP contribution in [0.4, 0.5) is 8.78 Å². The maximum absolute atomic E-state index is 14.6. The monoisotopic (exact) mass is 324 g/mol. The average Bonchev–Trinajstić information content (AvgIpc) is 2.58. The summed E-state index contributed by atoms with van der Waals surface area (Å²) in [5.41, 5.74) is 1.35. The fourth-order valence-corrected chi connectivity index (χ4v) is 3.81. The molecule has 1 aromatic rings. The summed E-state index contributed by atoms with van der Waals surface area (Å²) < 4.78 is 35.3. The Labute approximate surface area is 133 Å². The van der Waals surface area contributed by atoms with Crippen LogP contribution in [-0.2, 0) is 4.43 Å². The lowest BCUT2D eigenvalue weighted by molar-refractivity contribution is -0.00943. The normalized spacial score (nSPS) is 22.1. The summed E-state index contributed by atoms with van der Waals surface area (Å²) in [5.74, 6) is -3.14. The summed E-state index contributed by atoms with van der Waals surface area (Å²) in [5, 5.41) is 0.000396. The third-order valence-corrected chi connectivity index (χ3v) is 9.38. The Morgan fingerprint density at radius 1 is 1.14 bits per heavy atom. The van der Waals surface area contributed by atoms with Crippen LogP contribution in [0.3, 0.4) is 0 Å². The number of halogens is 2. The van der Waals surface area contributed by atoms with Crippen molar-refractivity contribution < 1.29 is 13.2 Å². The largest absolute Gasteiger partial charge is 0.546 e. The minimum absolute atomic E-state index is 0.000396. The van der Waals surface area contributed by atoms with E-state index in [0.717, 1.165) is 0 Å². The van der Waals surface area contributed by atoms with E-state index in [4.69, 9.17) is 4.43 Å². The lowest BCUT2D eigenvalue weighted by Crippen LogP contribution is -2.40. The van der Waals surface area contributed by atoms with E-state index in [1.165, 1.54) is 0 Å². The maximum atomic E-state index is 14.6. The van der Waals surface area contributed by atoms with Crippen molar-refractivity contribution in [3.8, 4) is 0 Å². The van der Waals surface area contributed by atoms with E-state index in [2.05, 4.69) is 33.9 Å². The Balaban J connectivity index is 2.36. The molecule has 0 bridgehead atoms. The quantitative estimate of drug-likeness (QED) is 0.610. The van der Waals surface area contributed by atoms with Gasteiger partial charge in [0.25, 0.3) is 5.92 Å². The average molecular weight is 324 g/mol. The Morgan fingerprint density at radius 3 is 2.18 bits per heavy atom. The van der Waals surface area contributed by atoms with Gasteiger partial charge in [-0.3, -0.25) is 0 Å². The molecular formula is C18H26F2OSi. The van der Waals surface area contributed by atoms with Crippen molar-refractivity contribution in [2.75, 3.05) is 0 Å². The first kappa shape index (κ1) is 17.2. The number of hydrogen-bond donors (Lipinski definition) is 0. The highest BCUT2D eigenvalue weighted by molar-refractivity contribution is 6.74. The van der Waals surface area contributed by atoms with Gasteiger partial charge in [-0.15, -0.1) is 0 Å². The van der Waals surface area contributed by atoms with Crippen LogP contribution >= 0.6 is 0 Å². The first-order valence-electron chi connectivity index (χ1n) is 7.77. The Morgan fingerprint density at radius 2 is 1.68 bits per heavy atom. The summed E-state index contributed by atoms with van der Waals surface area (Å²) in [4.78, 5) is 0. The number of benzene rings is 1. The highest BCUT2D eigenvalue weighted by Crippen LogP contribution is 2.52. The van der Waals surface area contributed by atoms with Crippen LogP contribution in [0.1, 0.15) is 45.6 Å². The molecule has 0 aromatic heterocycles. The van der Waals surface area contributed by atoms with Gasteiger partial charge in [0.05, 0.1) is 18.1 Å². The van der Waals surface area contributed by atoms with Crippen molar-refractivity contribution >= 4 is 8.32 Å². The minimum Gasteiger partial charge on any atom is -0.546 e. The fourth-order valence-electron chi connectivity index (χ4n) is 2.65. The summed E-state index contributed by atoms with van der Waals surface area (Å²) in [6.45, 7) is 12.4. The van der Waals surface area contributed by atoms with E-state index >= 15 is 0 Å². The van der Waals surface area contributed by atoms with Gasteiger partial charge in [-0.05, 0) is 36.2 Å². The lowest BCUT2D eigenvalue weighted by Gasteiger charge is -2.37. The van der Waals surface area contributed by atoms with Gasteiger partial charge in [-0.25, -0.2) is 8.78 Å². The molecule has 0 N–H and O–H groups in total. The first-order chi connectivity index (χ1) is 9.96. The Hall–Kier alpha value is -1.16. The fraction of sp³-hybridized carbons (Fsp3) is 0.556. The van der Waals surface area contributed by atoms with Crippen molar-refractivity contribution in [3.05, 3.63) is 47.2 Å². The molecule has 0 saturated heterocycles. The minimum atomic E-state index is -2.77. The molecule has 0 fully saturated rings. The molecule has 0 saturated carbocycles. The Kier molecular flexibility index (Phi) is 4.28. The number of allylic oxidation sites excluding steroid dienone is 2. The highest BCUT2D eigenvalue weighted by Gasteiger charge is 2.51. The van der Waals surface area contributed by atoms with Crippen molar-refractivity contribution in [1.82, 2.24) is 0 Å². The maximum Gasteiger partial charge on any atom is 0.265 e. The van der Waals surface area contributed by atoms with Crippen LogP contribution in [0.15, 0.2) is 41.7 Å². The molecule has 1 atom stereocenters. The second kappa shape index (κ2) is 5.48. The van der Waals surface area contributed by atoms with Gasteiger partial charge in [-0.2, -0.15) is 0 Å². The molecule has 2 rings (SSSR count). The molecule has 1 aromatic carbocycles. The van der Waals surface area contributed by atoms with Crippen LogP contribution in [0, 0.1) is 0 Å². The van der Waals surface area contributed by atoms with Crippen LogP contribution in [0.5, 0.6) is 0 Å². The van der Waals surface area contributed by atoms with E-state index in [9.17, 15) is 8.78 Å². The third-order valence-electron chi connectivity index (χ3n) is 5.01. The highest BCUT2D eigenvalue weighted by atomic mass is 28.4. The standard InChI is InChI=1S/C18H26F2OSi/c1-13-15(21-22(5,6)17(2,3)4)12-18(19,20)16(13)14-10-8-7-9-11-14/h7-11,16H,12H2,1-6H3. The molecule has 1 unspecified atom stereocenters. The first-order valence-corrected chi connectivity index (χ1v) is 10.7. The van der Waals surface area contributed by atoms with E-state index in [-0.39, 0.29) is 11.5 Å². The third kappa shape index (κ3) is 3.12. The summed E-state index contributed by atoms with van der Waals surface area (Å²) in [6, 6.07) is 9.02. The topological polar surface area (TPSA) is 9.23 Å². The molecule has 0 amide bonds. The van der Waals surface area contributed by atoms with Crippen molar-refractivity contribution in [3.63, 3.8) is 0 Å². The summed E-state index contributed by atoms with van der Waals surface area (Å²) in [6.07, 6.45) is -0.287. The molecule has 0 heterocycles. The summed E-state index contributed by atoms with van der Waals surface area (Å²) >= 11 is 0. The molecule has 0 spiro atoms. The molecular weight excluding hydrogens is 298 g/mol. The van der Waals surface area contributed by atoms with Crippen molar-refractivity contribution in [1.29, 1.82) is 0 Å². The lowest BCUT2D eigenvalue weighted by atomic mass is 9.91. The van der Waals surface area contributed by atoms with Gasteiger partial charge in [-0.1, -0.05) is 51.1 Å². The summed E-state index contributed by atoms with van der Waals surface area (Å²) in [7, 11) is -2.10. The van der Waals surface area contributed by atoms with E-state index in [1.807, 2.05) is 18.2 Å². The Bertz CT molecular complexity index is 570. The smallest absolute Gasteiger partial charge is 0.265 e. The predicted octanol–water partition coefficient (Wildman–Crippen LogP) is 6.11. The molecule has 122 valence electrons. The van der Waals surface area contributed by atoms with Crippen molar-refractivity contribution in [2.24, 2.45) is 0 Å². The van der Waals surface area contributed by atoms with Crippen LogP contribution in [-0.4, -0.2) is 14.2 Å². The van der Waals surface area contributed by atoms with E-state index in [1.54, 1.807) is 19.1 Å². The molecule has 0 aliphatic heterocycles. The van der Waals surface area contributed by atoms with Gasteiger partial charge < -0.3 is 4.43 Å². The zero-order valence-corrected chi connectivity index (χ0v) is 15.3. The second-order valence-corrected chi connectivity index (χ2v) is 12.5. The molecule has 1 aliphatic rings. The molecule has 0 radical (unpaired) electrons. The van der Waals surface area contributed by atoms with E-state index < -0.39 is 20.2 Å². The molecule has 22 heavy (non-hydrogen) atoms. The molecule has 4 heteroatoms. The zero-order valence-electron chi connectivity index (χ0n) is 14.3. The van der Waals surface area contributed by atoms with Crippen LogP contribution in [0.25, 0.3) is 0 Å². The van der Waals surface area contributed by atoms with Gasteiger partial charge in [0.15, 0.2) is 0 Å². The van der Waals surface area contributed by atoms with Gasteiger partial charge in [0.1, 0.15) is 0 Å². The number of rotatable bonds is 3. The van der Waals surface area contributed by atoms with Crippen LogP contribution < -0.4 is 0 Å². The molecule has 1 nitrogen and oxygen atoms in total. The number of hydrogen-bond acceptors (Lipinski definition) is 1. The van der Waals surface area contributed by atoms with Gasteiger partial charge >= 0.3 is 0 Å². The molecule has 1 aliphatic carbocycles. The van der Waals surface area contributed by atoms with Gasteiger partial charge in [0, 0.05) is 0 Å². The van der Waals surface area contributed by atoms with Gasteiger partial charge in [0.2, 0.25) is 8.32 Å². The number of alkyl halides is 2. The van der Waals surface area contributed by atoms with E-state index in [0.29, 0.717) is 16.9 Å².